The van der Waals surface area contributed by atoms with Gasteiger partial charge < -0.3 is 5.32 Å². The molecule has 2 heteroatoms. The average Bonchev–Trinajstić information content (AvgIpc) is 2.69. The van der Waals surface area contributed by atoms with E-state index in [1.807, 2.05) is 7.05 Å². The van der Waals surface area contributed by atoms with Gasteiger partial charge in [0.2, 0.25) is 0 Å². The minimum Gasteiger partial charge on any atom is -0.386 e. The summed E-state index contributed by atoms with van der Waals surface area (Å²) in [5.41, 5.74) is 12.3. The van der Waals surface area contributed by atoms with Crippen LogP contribution in [0.2, 0.25) is 0 Å². The molecule has 176 valence electrons. The van der Waals surface area contributed by atoms with E-state index in [0.717, 1.165) is 16.9 Å². The molecule has 0 bridgehead atoms. The van der Waals surface area contributed by atoms with Crippen LogP contribution in [0, 0.1) is 24.7 Å². The lowest BCUT2D eigenvalue weighted by Gasteiger charge is -2.23. The van der Waals surface area contributed by atoms with E-state index in [1.165, 1.54) is 39.0 Å². The molecule has 0 fully saturated rings. The van der Waals surface area contributed by atoms with E-state index in [2.05, 4.69) is 124 Å². The molecule has 0 aliphatic heterocycles. The first-order valence-corrected chi connectivity index (χ1v) is 11.6. The highest BCUT2D eigenvalue weighted by atomic mass is 14.9. The van der Waals surface area contributed by atoms with Crippen molar-refractivity contribution >= 4 is 29.2 Å². The molecule has 0 saturated heterocycles. The van der Waals surface area contributed by atoms with E-state index in [4.69, 9.17) is 0 Å². The Labute approximate surface area is 198 Å². The number of hydrogen-bond acceptors (Lipinski definition) is 2. The molecule has 1 rings (SSSR count). The summed E-state index contributed by atoms with van der Waals surface area (Å²) in [6.45, 7) is 30.5. The molecule has 1 N–H and O–H groups in total. The van der Waals surface area contributed by atoms with Gasteiger partial charge in [-0.25, -0.2) is 0 Å². The van der Waals surface area contributed by atoms with Crippen molar-refractivity contribution in [2.45, 2.75) is 83.1 Å². The van der Waals surface area contributed by atoms with E-state index in [0.29, 0.717) is 0 Å². The number of hydrogen-bond donors (Lipinski definition) is 1. The fourth-order valence-electron chi connectivity index (χ4n) is 3.53. The topological polar surface area (TPSA) is 24.4 Å². The summed E-state index contributed by atoms with van der Waals surface area (Å²) in [6, 6.07) is 0. The van der Waals surface area contributed by atoms with Gasteiger partial charge in [-0.3, -0.25) is 4.99 Å². The normalized spacial score (nSPS) is 14.7. The molecule has 0 aliphatic rings. The molecule has 0 amide bonds. The third-order valence-corrected chi connectivity index (χ3v) is 6.77. The van der Waals surface area contributed by atoms with Gasteiger partial charge in [0.1, 0.15) is 0 Å². The molecular weight excluding hydrogens is 388 g/mol. The number of allylic oxidation sites excluding steroid dienone is 8. The van der Waals surface area contributed by atoms with Crippen LogP contribution in [0.4, 0.5) is 11.4 Å². The maximum absolute atomic E-state index is 4.50. The number of nitrogens with one attached hydrogen (secondary N) is 1. The maximum Gasteiger partial charge on any atom is 0.0937 e. The highest BCUT2D eigenvalue weighted by molar-refractivity contribution is 5.94. The summed E-state index contributed by atoms with van der Waals surface area (Å²) in [5, 5.41) is 3.43. The van der Waals surface area contributed by atoms with Gasteiger partial charge in [-0.15, -0.1) is 0 Å². The summed E-state index contributed by atoms with van der Waals surface area (Å²) in [5.74, 6) is 0. The first-order valence-electron chi connectivity index (χ1n) is 11.6. The minimum atomic E-state index is 0.155. The van der Waals surface area contributed by atoms with Crippen LogP contribution in [0.3, 0.4) is 0 Å². The zero-order valence-corrected chi connectivity index (χ0v) is 23.0. The van der Waals surface area contributed by atoms with Crippen molar-refractivity contribution in [2.75, 3.05) is 12.4 Å². The Balaban J connectivity index is 3.80. The van der Waals surface area contributed by atoms with Crippen molar-refractivity contribution in [2.24, 2.45) is 15.8 Å². The second kappa shape index (κ2) is 10.5. The van der Waals surface area contributed by atoms with Crippen LogP contribution in [0.5, 0.6) is 0 Å². The summed E-state index contributed by atoms with van der Waals surface area (Å²) in [4.78, 5) is 4.50. The molecule has 2 nitrogen and oxygen atoms in total. The van der Waals surface area contributed by atoms with Crippen molar-refractivity contribution in [1.29, 1.82) is 0 Å². The number of nitrogens with zero attached hydrogens (tertiary/aromatic N) is 1. The maximum atomic E-state index is 4.50. The Morgan fingerprint density at radius 2 is 1.09 bits per heavy atom. The monoisotopic (exact) mass is 434 g/mol. The Hall–Kier alpha value is -2.35. The van der Waals surface area contributed by atoms with Crippen LogP contribution in [0.25, 0.3) is 11.1 Å². The molecule has 0 unspecified atom stereocenters. The summed E-state index contributed by atoms with van der Waals surface area (Å²) in [7, 11) is 1.97. The van der Waals surface area contributed by atoms with Crippen molar-refractivity contribution in [1.82, 2.24) is 0 Å². The number of rotatable bonds is 6. The van der Waals surface area contributed by atoms with Gasteiger partial charge in [-0.05, 0) is 81.4 Å². The summed E-state index contributed by atoms with van der Waals surface area (Å²) >= 11 is 0. The van der Waals surface area contributed by atoms with E-state index in [9.17, 15) is 0 Å². The zero-order valence-electron chi connectivity index (χ0n) is 23.0. The zero-order chi connectivity index (χ0) is 25.0. The standard InChI is InChI=1S/C30H46N2/c1-19(15-17-21(3)29(7,8)9)25-23(5)24(6)26(28(32-14)27(25)31-13)20(2)16-18-22(4)30(10,11)12/h15-18,32H,13H2,1-12,14H3/b19-15+,20-16+,21-17+,22-18?. The van der Waals surface area contributed by atoms with Gasteiger partial charge in [0, 0.05) is 18.2 Å². The van der Waals surface area contributed by atoms with Gasteiger partial charge in [-0.1, -0.05) is 77.0 Å². The molecule has 0 radical (unpaired) electrons. The average molecular weight is 435 g/mol. The number of benzene rings is 1. The molecule has 1 aromatic carbocycles. The molecule has 1 aromatic rings. The van der Waals surface area contributed by atoms with E-state index >= 15 is 0 Å². The smallest absolute Gasteiger partial charge is 0.0937 e. The first-order chi connectivity index (χ1) is 14.6. The molecule has 32 heavy (non-hydrogen) atoms. The fraction of sp³-hybridized carbons (Fsp3) is 0.500. The minimum absolute atomic E-state index is 0.155. The van der Waals surface area contributed by atoms with Gasteiger partial charge in [0.25, 0.3) is 0 Å². The van der Waals surface area contributed by atoms with Gasteiger partial charge in [0.05, 0.1) is 11.4 Å². The van der Waals surface area contributed by atoms with Crippen LogP contribution in [0.15, 0.2) is 40.4 Å². The Bertz CT molecular complexity index is 981. The van der Waals surface area contributed by atoms with Crippen LogP contribution in [-0.2, 0) is 0 Å². The SMILES string of the molecule is C=Nc1c(NC)c(/C(C)=C/C=C(C)C(C)(C)C)c(C)c(C)c1/C(C)=C/C=C(\C)C(C)(C)C. The van der Waals surface area contributed by atoms with Crippen molar-refractivity contribution < 1.29 is 0 Å². The van der Waals surface area contributed by atoms with Gasteiger partial charge >= 0.3 is 0 Å². The Morgan fingerprint density at radius 1 is 0.719 bits per heavy atom. The molecule has 0 aromatic heterocycles. The lowest BCUT2D eigenvalue weighted by atomic mass is 9.85. The van der Waals surface area contributed by atoms with Crippen molar-refractivity contribution in [3.63, 3.8) is 0 Å². The van der Waals surface area contributed by atoms with Crippen LogP contribution < -0.4 is 5.32 Å². The number of aliphatic imine (C=N–C) groups is 1. The van der Waals surface area contributed by atoms with Crippen molar-refractivity contribution in [3.05, 3.63) is 57.7 Å². The lowest BCUT2D eigenvalue weighted by molar-refractivity contribution is 0.504. The molecule has 0 heterocycles. The second-order valence-electron chi connectivity index (χ2n) is 11.0. The number of anilines is 1. The van der Waals surface area contributed by atoms with Gasteiger partial charge in [0.15, 0.2) is 0 Å². The Morgan fingerprint density at radius 3 is 1.44 bits per heavy atom. The van der Waals surface area contributed by atoms with E-state index < -0.39 is 0 Å². The largest absolute Gasteiger partial charge is 0.386 e. The quantitative estimate of drug-likeness (QED) is 0.350. The predicted molar refractivity (Wildman–Crippen MR) is 148 cm³/mol. The van der Waals surface area contributed by atoms with Crippen LogP contribution >= 0.6 is 0 Å². The highest BCUT2D eigenvalue weighted by Crippen LogP contribution is 2.44. The molecule has 0 saturated carbocycles. The fourth-order valence-corrected chi connectivity index (χ4v) is 3.53. The molecular formula is C30H46N2. The molecule has 0 atom stereocenters. The third-order valence-electron chi connectivity index (χ3n) is 6.77. The van der Waals surface area contributed by atoms with Crippen LogP contribution in [0.1, 0.15) is 91.5 Å². The van der Waals surface area contributed by atoms with E-state index in [1.54, 1.807) is 0 Å². The Kier molecular flexibility index (Phi) is 9.09. The molecule has 0 spiro atoms. The van der Waals surface area contributed by atoms with Crippen molar-refractivity contribution in [3.8, 4) is 0 Å². The summed E-state index contributed by atoms with van der Waals surface area (Å²) in [6.07, 6.45) is 8.92. The second-order valence-corrected chi connectivity index (χ2v) is 11.0. The first kappa shape index (κ1) is 27.7. The molecule has 0 aliphatic carbocycles. The predicted octanol–water partition coefficient (Wildman–Crippen LogP) is 9.47. The lowest BCUT2D eigenvalue weighted by Crippen LogP contribution is -2.06. The summed E-state index contributed by atoms with van der Waals surface area (Å²) < 4.78 is 0. The highest BCUT2D eigenvalue weighted by Gasteiger charge is 2.21. The van der Waals surface area contributed by atoms with Crippen LogP contribution in [-0.4, -0.2) is 13.8 Å². The van der Waals surface area contributed by atoms with Gasteiger partial charge in [-0.2, -0.15) is 0 Å². The third kappa shape index (κ3) is 6.34. The van der Waals surface area contributed by atoms with E-state index in [-0.39, 0.29) is 10.8 Å².